The Labute approximate surface area is 138 Å². The lowest BCUT2D eigenvalue weighted by molar-refractivity contribution is 0.166. The molecule has 1 aromatic carbocycles. The number of nitrogens with one attached hydrogen (secondary N) is 1. The number of halogens is 2. The number of piperazine rings is 1. The van der Waals surface area contributed by atoms with E-state index in [0.717, 1.165) is 38.1 Å². The molecule has 0 amide bonds. The zero-order valence-electron chi connectivity index (χ0n) is 12.3. The first kappa shape index (κ1) is 18.2. The smallest absolute Gasteiger partial charge is 0.0706 e. The van der Waals surface area contributed by atoms with Crippen molar-refractivity contribution in [3.8, 4) is 0 Å². The number of hydrogen-bond acceptors (Lipinski definition) is 3. The van der Waals surface area contributed by atoms with Gasteiger partial charge in [-0.25, -0.2) is 0 Å². The maximum atomic E-state index is 4.86. The molecule has 1 N–H and O–H groups in total. The van der Waals surface area contributed by atoms with Gasteiger partial charge in [-0.05, 0) is 18.6 Å². The Kier molecular flexibility index (Phi) is 7.40. The van der Waals surface area contributed by atoms with Crippen molar-refractivity contribution in [2.45, 2.75) is 19.4 Å². The van der Waals surface area contributed by atoms with E-state index in [-0.39, 0.29) is 24.8 Å². The molecule has 0 aliphatic carbocycles. The molecule has 21 heavy (non-hydrogen) atoms. The molecule has 1 aliphatic rings. The summed E-state index contributed by atoms with van der Waals surface area (Å²) in [6, 6.07) is 13.2. The van der Waals surface area contributed by atoms with Crippen molar-refractivity contribution in [2.24, 2.45) is 0 Å². The average Bonchev–Trinajstić information content (AvgIpc) is 2.49. The lowest BCUT2D eigenvalue weighted by Crippen LogP contribution is -2.45. The van der Waals surface area contributed by atoms with Crippen molar-refractivity contribution in [2.75, 3.05) is 26.2 Å². The van der Waals surface area contributed by atoms with Crippen LogP contribution in [0.4, 0.5) is 0 Å². The highest BCUT2D eigenvalue weighted by Gasteiger charge is 2.21. The fourth-order valence-corrected chi connectivity index (χ4v) is 2.92. The van der Waals surface area contributed by atoms with Crippen LogP contribution in [0.1, 0.15) is 25.1 Å². The van der Waals surface area contributed by atoms with E-state index in [1.807, 2.05) is 0 Å². The Bertz CT molecular complexity index is 556. The lowest BCUT2D eigenvalue weighted by atomic mass is 10.1. The van der Waals surface area contributed by atoms with Crippen LogP contribution in [0, 0.1) is 0 Å². The van der Waals surface area contributed by atoms with Gasteiger partial charge in [-0.15, -0.1) is 24.8 Å². The van der Waals surface area contributed by atoms with Gasteiger partial charge in [0.05, 0.1) is 17.3 Å². The van der Waals surface area contributed by atoms with Gasteiger partial charge in [-0.2, -0.15) is 0 Å². The maximum Gasteiger partial charge on any atom is 0.0706 e. The third-order valence-corrected chi connectivity index (χ3v) is 3.94. The van der Waals surface area contributed by atoms with E-state index in [0.29, 0.717) is 6.04 Å². The summed E-state index contributed by atoms with van der Waals surface area (Å²) in [5, 5.41) is 4.64. The predicted octanol–water partition coefficient (Wildman–Crippen LogP) is 3.43. The second-order valence-corrected chi connectivity index (χ2v) is 5.14. The minimum Gasteiger partial charge on any atom is -0.314 e. The zero-order valence-corrected chi connectivity index (χ0v) is 13.9. The first-order valence-corrected chi connectivity index (χ1v) is 7.19. The van der Waals surface area contributed by atoms with Gasteiger partial charge >= 0.3 is 0 Å². The molecule has 2 aromatic rings. The first-order chi connectivity index (χ1) is 9.38. The summed E-state index contributed by atoms with van der Waals surface area (Å²) < 4.78 is 0. The molecule has 0 bridgehead atoms. The predicted molar refractivity (Wildman–Crippen MR) is 93.7 cm³/mol. The number of para-hydroxylation sites is 1. The highest BCUT2D eigenvalue weighted by atomic mass is 35.5. The molecule has 2 heterocycles. The van der Waals surface area contributed by atoms with Crippen LogP contribution < -0.4 is 5.32 Å². The lowest BCUT2D eigenvalue weighted by Gasteiger charge is -2.34. The van der Waals surface area contributed by atoms with E-state index in [1.54, 1.807) is 0 Å². The van der Waals surface area contributed by atoms with E-state index in [9.17, 15) is 0 Å². The minimum absolute atomic E-state index is 0. The summed E-state index contributed by atoms with van der Waals surface area (Å²) in [7, 11) is 0. The molecule has 3 nitrogen and oxygen atoms in total. The van der Waals surface area contributed by atoms with Gasteiger partial charge in [0.1, 0.15) is 0 Å². The van der Waals surface area contributed by atoms with Crippen molar-refractivity contribution in [3.63, 3.8) is 0 Å². The number of benzene rings is 1. The summed E-state index contributed by atoms with van der Waals surface area (Å²) in [5.41, 5.74) is 2.32. The number of fused-ring (bicyclic) bond motifs is 1. The highest BCUT2D eigenvalue weighted by Crippen LogP contribution is 2.24. The maximum absolute atomic E-state index is 4.86. The molecule has 0 saturated carbocycles. The SMILES string of the molecule is CC[C@H](c1ccc2ccccc2n1)N1CCNCC1.Cl.Cl. The Balaban J connectivity index is 0.00000110. The van der Waals surface area contributed by atoms with Gasteiger partial charge < -0.3 is 5.32 Å². The fourth-order valence-electron chi connectivity index (χ4n) is 2.92. The second kappa shape index (κ2) is 8.54. The van der Waals surface area contributed by atoms with Gasteiger partial charge in [0, 0.05) is 31.6 Å². The van der Waals surface area contributed by atoms with E-state index in [4.69, 9.17) is 4.98 Å². The van der Waals surface area contributed by atoms with E-state index >= 15 is 0 Å². The summed E-state index contributed by atoms with van der Waals surface area (Å²) in [6.07, 6.45) is 1.12. The molecular weight excluding hydrogens is 305 g/mol. The highest BCUT2D eigenvalue weighted by molar-refractivity contribution is 5.85. The van der Waals surface area contributed by atoms with Crippen molar-refractivity contribution < 1.29 is 0 Å². The quantitative estimate of drug-likeness (QED) is 0.936. The molecule has 0 radical (unpaired) electrons. The van der Waals surface area contributed by atoms with Crippen molar-refractivity contribution in [1.82, 2.24) is 15.2 Å². The molecule has 0 unspecified atom stereocenters. The summed E-state index contributed by atoms with van der Waals surface area (Å²) in [5.74, 6) is 0. The van der Waals surface area contributed by atoms with Crippen molar-refractivity contribution in [1.29, 1.82) is 0 Å². The number of rotatable bonds is 3. The topological polar surface area (TPSA) is 28.2 Å². The van der Waals surface area contributed by atoms with E-state index in [1.165, 1.54) is 11.1 Å². The summed E-state index contributed by atoms with van der Waals surface area (Å²) >= 11 is 0. The minimum atomic E-state index is 0. The molecule has 1 atom stereocenters. The van der Waals surface area contributed by atoms with E-state index in [2.05, 4.69) is 53.5 Å². The van der Waals surface area contributed by atoms with Crippen LogP contribution in [0.2, 0.25) is 0 Å². The molecule has 1 fully saturated rings. The first-order valence-electron chi connectivity index (χ1n) is 7.19. The molecule has 1 saturated heterocycles. The van der Waals surface area contributed by atoms with Crippen LogP contribution >= 0.6 is 24.8 Å². The third-order valence-electron chi connectivity index (χ3n) is 3.94. The zero-order chi connectivity index (χ0) is 13.1. The molecule has 116 valence electrons. The molecule has 3 rings (SSSR count). The van der Waals surface area contributed by atoms with Gasteiger partial charge in [0.25, 0.3) is 0 Å². The summed E-state index contributed by atoms with van der Waals surface area (Å²) in [4.78, 5) is 7.41. The van der Waals surface area contributed by atoms with Crippen LogP contribution in [0.25, 0.3) is 10.9 Å². The number of pyridine rings is 1. The summed E-state index contributed by atoms with van der Waals surface area (Å²) in [6.45, 7) is 6.66. The van der Waals surface area contributed by atoms with Gasteiger partial charge in [-0.3, -0.25) is 9.88 Å². The number of hydrogen-bond donors (Lipinski definition) is 1. The van der Waals surface area contributed by atoms with Crippen molar-refractivity contribution >= 4 is 35.7 Å². The van der Waals surface area contributed by atoms with Gasteiger partial charge in [-0.1, -0.05) is 31.2 Å². The Morgan fingerprint density at radius 1 is 1.10 bits per heavy atom. The molecule has 1 aromatic heterocycles. The second-order valence-electron chi connectivity index (χ2n) is 5.14. The Hall–Kier alpha value is -0.870. The van der Waals surface area contributed by atoms with Crippen LogP contribution in [-0.2, 0) is 0 Å². The standard InChI is InChI=1S/C16H21N3.2ClH/c1-2-16(19-11-9-17-10-12-19)15-8-7-13-5-3-4-6-14(13)18-15;;/h3-8,16-17H,2,9-12H2,1H3;2*1H/t16-;;/m1../s1. The van der Waals surface area contributed by atoms with Crippen molar-refractivity contribution in [3.05, 3.63) is 42.1 Å². The molecule has 5 heteroatoms. The number of aromatic nitrogens is 1. The van der Waals surface area contributed by atoms with Crippen LogP contribution in [0.15, 0.2) is 36.4 Å². The Morgan fingerprint density at radius 3 is 2.52 bits per heavy atom. The van der Waals surface area contributed by atoms with Gasteiger partial charge in [0.2, 0.25) is 0 Å². The van der Waals surface area contributed by atoms with Gasteiger partial charge in [0.15, 0.2) is 0 Å². The number of nitrogens with zero attached hydrogens (tertiary/aromatic N) is 2. The molecule has 1 aliphatic heterocycles. The van der Waals surface area contributed by atoms with E-state index < -0.39 is 0 Å². The molecular formula is C16H23Cl2N3. The molecule has 0 spiro atoms. The van der Waals surface area contributed by atoms with Crippen LogP contribution in [0.5, 0.6) is 0 Å². The fraction of sp³-hybridized carbons (Fsp3) is 0.438. The Morgan fingerprint density at radius 2 is 1.81 bits per heavy atom. The van der Waals surface area contributed by atoms with Crippen LogP contribution in [0.3, 0.4) is 0 Å². The van der Waals surface area contributed by atoms with Crippen LogP contribution in [-0.4, -0.2) is 36.1 Å². The third kappa shape index (κ3) is 4.07. The largest absolute Gasteiger partial charge is 0.314 e. The normalized spacial score (nSPS) is 16.8. The monoisotopic (exact) mass is 327 g/mol. The average molecular weight is 328 g/mol.